The van der Waals surface area contributed by atoms with E-state index in [2.05, 4.69) is 22.6 Å². The first-order valence-corrected chi connectivity index (χ1v) is 7.01. The van der Waals surface area contributed by atoms with Crippen LogP contribution in [0.4, 0.5) is 5.69 Å². The summed E-state index contributed by atoms with van der Waals surface area (Å²) in [4.78, 5) is 24.9. The number of hydrogen-bond donors (Lipinski definition) is 2. The molecule has 5 heteroatoms. The van der Waals surface area contributed by atoms with Crippen molar-refractivity contribution in [2.24, 2.45) is 0 Å². The number of hydrogen-bond acceptors (Lipinski definition) is 5. The van der Waals surface area contributed by atoms with Crippen molar-refractivity contribution in [2.75, 3.05) is 45.6 Å². The zero-order valence-corrected chi connectivity index (χ0v) is 12.2. The fourth-order valence-electron chi connectivity index (χ4n) is 2.16. The number of rotatable bonds is 10. The van der Waals surface area contributed by atoms with Crippen molar-refractivity contribution in [2.45, 2.75) is 26.2 Å². The van der Waals surface area contributed by atoms with E-state index in [1.54, 1.807) is 0 Å². The molecule has 0 atom stereocenters. The molecule has 0 aliphatic carbocycles. The molecule has 0 saturated heterocycles. The van der Waals surface area contributed by atoms with Gasteiger partial charge in [-0.1, -0.05) is 6.92 Å². The van der Waals surface area contributed by atoms with Crippen LogP contribution in [0.25, 0.3) is 0 Å². The van der Waals surface area contributed by atoms with E-state index in [1.807, 2.05) is 14.0 Å². The Bertz CT molecular complexity index is 450. The maximum atomic E-state index is 11.3. The smallest absolute Gasteiger partial charge is 0.249 e. The topological polar surface area (TPSA) is 61.4 Å². The second kappa shape index (κ2) is 8.07. The number of anilines is 1. The fraction of sp³-hybridized carbons (Fsp3) is 0.714. The van der Waals surface area contributed by atoms with Crippen molar-refractivity contribution in [3.8, 4) is 0 Å². The molecule has 0 aliphatic heterocycles. The lowest BCUT2D eigenvalue weighted by Gasteiger charge is -2.17. The molecule has 0 amide bonds. The van der Waals surface area contributed by atoms with E-state index in [4.69, 9.17) is 0 Å². The molecule has 0 saturated carbocycles. The van der Waals surface area contributed by atoms with Gasteiger partial charge in [-0.25, -0.2) is 0 Å². The van der Waals surface area contributed by atoms with Gasteiger partial charge in [-0.05, 0) is 53.0 Å². The Labute approximate surface area is 114 Å². The third-order valence-electron chi connectivity index (χ3n) is 3.35. The normalized spacial score (nSPS) is 11.4. The molecule has 1 rings (SSSR count). The lowest BCUT2D eigenvalue weighted by atomic mass is 10.0. The summed E-state index contributed by atoms with van der Waals surface area (Å²) >= 11 is 0. The maximum absolute atomic E-state index is 11.3. The van der Waals surface area contributed by atoms with Gasteiger partial charge in [-0.3, -0.25) is 9.59 Å². The van der Waals surface area contributed by atoms with Gasteiger partial charge < -0.3 is 15.5 Å². The second-order valence-corrected chi connectivity index (χ2v) is 4.91. The van der Waals surface area contributed by atoms with E-state index < -0.39 is 0 Å². The molecule has 0 aliphatic rings. The molecule has 1 aromatic carbocycles. The lowest BCUT2D eigenvalue weighted by molar-refractivity contribution is 0.327. The predicted molar refractivity (Wildman–Crippen MR) is 79.9 cm³/mol. The van der Waals surface area contributed by atoms with Crippen molar-refractivity contribution < 1.29 is 0 Å². The molecule has 0 unspecified atom stereocenters. The highest BCUT2D eigenvalue weighted by atomic mass is 16.2. The van der Waals surface area contributed by atoms with Crippen LogP contribution in [-0.2, 0) is 6.42 Å². The van der Waals surface area contributed by atoms with Crippen LogP contribution >= 0.6 is 0 Å². The molecule has 5 nitrogen and oxygen atoms in total. The molecule has 0 fully saturated rings. The van der Waals surface area contributed by atoms with Gasteiger partial charge >= 0.3 is 0 Å². The minimum absolute atomic E-state index is 0.311. The van der Waals surface area contributed by atoms with Gasteiger partial charge in [0.25, 0.3) is 0 Å². The predicted octanol–water partition coefficient (Wildman–Crippen LogP) is 0.188. The molecule has 0 spiro atoms. The third-order valence-corrected chi connectivity index (χ3v) is 3.35. The summed E-state index contributed by atoms with van der Waals surface area (Å²) in [7, 11) is 4.06. The molecule has 2 N–H and O–H groups in total. The zero-order valence-electron chi connectivity index (χ0n) is 12.2. The van der Waals surface area contributed by atoms with E-state index >= 15 is 0 Å². The van der Waals surface area contributed by atoms with Gasteiger partial charge in [-0.2, -0.15) is 0 Å². The van der Waals surface area contributed by atoms with Crippen molar-refractivity contribution in [1.82, 2.24) is 10.2 Å². The highest BCUT2D eigenvalue weighted by molar-refractivity contribution is 5.56. The van der Waals surface area contributed by atoms with Crippen LogP contribution in [0.15, 0.2) is 9.59 Å². The monoisotopic (exact) mass is 267 g/mol. The third kappa shape index (κ3) is 4.44. The van der Waals surface area contributed by atoms with E-state index in [9.17, 15) is 9.59 Å². The molecule has 1 aromatic rings. The van der Waals surface area contributed by atoms with Crippen molar-refractivity contribution in [1.29, 1.82) is 0 Å². The van der Waals surface area contributed by atoms with E-state index in [0.29, 0.717) is 17.7 Å². The van der Waals surface area contributed by atoms with Crippen LogP contribution in [0, 0.1) is 0 Å². The average Bonchev–Trinajstić information content (AvgIpc) is 2.41. The minimum atomic E-state index is -0.348. The summed E-state index contributed by atoms with van der Waals surface area (Å²) in [5, 5.41) is 6.22. The van der Waals surface area contributed by atoms with E-state index in [0.717, 1.165) is 39.0 Å². The Morgan fingerprint density at radius 3 is 2.26 bits per heavy atom. The van der Waals surface area contributed by atoms with Crippen molar-refractivity contribution in [3.05, 3.63) is 26.0 Å². The van der Waals surface area contributed by atoms with Gasteiger partial charge in [0.15, 0.2) is 0 Å². The molecular formula is C14H25N3O2. The van der Waals surface area contributed by atoms with Gasteiger partial charge in [0.2, 0.25) is 10.9 Å². The summed E-state index contributed by atoms with van der Waals surface area (Å²) in [6, 6.07) is 0. The average molecular weight is 267 g/mol. The zero-order chi connectivity index (χ0) is 14.3. The van der Waals surface area contributed by atoms with Crippen LogP contribution < -0.4 is 21.5 Å². The minimum Gasteiger partial charge on any atom is -0.381 e. The number of nitrogens with one attached hydrogen (secondary N) is 2. The summed E-state index contributed by atoms with van der Waals surface area (Å²) in [6.07, 6.45) is 2.74. The van der Waals surface area contributed by atoms with Gasteiger partial charge in [-0.15, -0.1) is 0 Å². The molecular weight excluding hydrogens is 242 g/mol. The summed E-state index contributed by atoms with van der Waals surface area (Å²) < 4.78 is 0. The van der Waals surface area contributed by atoms with E-state index in [1.165, 1.54) is 0 Å². The van der Waals surface area contributed by atoms with Crippen molar-refractivity contribution >= 4 is 5.69 Å². The Balaban J connectivity index is 2.19. The first-order valence-electron chi connectivity index (χ1n) is 7.01. The van der Waals surface area contributed by atoms with Crippen LogP contribution in [-0.4, -0.2) is 45.2 Å². The summed E-state index contributed by atoms with van der Waals surface area (Å²) in [5.74, 6) is 0. The second-order valence-electron chi connectivity index (χ2n) is 4.91. The highest BCUT2D eigenvalue weighted by Gasteiger charge is 2.17. The summed E-state index contributed by atoms with van der Waals surface area (Å²) in [6.45, 7) is 5.74. The largest absolute Gasteiger partial charge is 0.381 e. The van der Waals surface area contributed by atoms with Gasteiger partial charge in [0.05, 0.1) is 5.69 Å². The van der Waals surface area contributed by atoms with Crippen LogP contribution in [0.5, 0.6) is 0 Å². The summed E-state index contributed by atoms with van der Waals surface area (Å²) in [5.41, 5.74) is 0.547. The first-order chi connectivity index (χ1) is 9.11. The van der Waals surface area contributed by atoms with Crippen LogP contribution in [0.3, 0.4) is 0 Å². The lowest BCUT2D eigenvalue weighted by Crippen LogP contribution is -2.38. The Kier molecular flexibility index (Phi) is 6.73. The van der Waals surface area contributed by atoms with Gasteiger partial charge in [0.1, 0.15) is 0 Å². The van der Waals surface area contributed by atoms with Crippen LogP contribution in [0.2, 0.25) is 0 Å². The molecule has 0 radical (unpaired) electrons. The maximum Gasteiger partial charge on any atom is 0.249 e. The molecule has 0 aromatic heterocycles. The van der Waals surface area contributed by atoms with Gasteiger partial charge in [0, 0.05) is 12.1 Å². The molecule has 0 bridgehead atoms. The van der Waals surface area contributed by atoms with E-state index in [-0.39, 0.29) is 10.9 Å². The fourth-order valence-corrected chi connectivity index (χ4v) is 2.16. The Morgan fingerprint density at radius 1 is 1.05 bits per heavy atom. The SMILES string of the molecule is CCc1c(NCCCN(C)CCCNC)c(=O)c1=O. The van der Waals surface area contributed by atoms with Crippen LogP contribution in [0.1, 0.15) is 25.3 Å². The quantitative estimate of drug-likeness (QED) is 0.468. The molecule has 19 heavy (non-hydrogen) atoms. The van der Waals surface area contributed by atoms with Crippen molar-refractivity contribution in [3.63, 3.8) is 0 Å². The Hall–Kier alpha value is -1.20. The molecule has 108 valence electrons. The standard InChI is InChI=1S/C14H25N3O2/c1-4-11-12(14(19)13(11)18)16-8-6-10-17(3)9-5-7-15-2/h15-16H,4-10H2,1-3H3. The highest BCUT2D eigenvalue weighted by Crippen LogP contribution is 2.07. The first kappa shape index (κ1) is 15.9. The Morgan fingerprint density at radius 2 is 1.68 bits per heavy atom. The molecule has 0 heterocycles. The number of nitrogens with zero attached hydrogens (tertiary/aromatic N) is 1.